The highest BCUT2D eigenvalue weighted by molar-refractivity contribution is 5.98. The minimum Gasteiger partial charge on any atom is -0.378 e. The van der Waals surface area contributed by atoms with Gasteiger partial charge >= 0.3 is 0 Å². The van der Waals surface area contributed by atoms with Crippen LogP contribution in [-0.2, 0) is 22.4 Å². The summed E-state index contributed by atoms with van der Waals surface area (Å²) in [5.41, 5.74) is 5.88. The SMILES string of the molecule is CCC(NC(=O)/C(C#N)=C\Nc1ccccc1N1CCOCC1)c1ccc2c(c1)CCCC2. The lowest BCUT2D eigenvalue weighted by Gasteiger charge is -2.30. The molecule has 33 heavy (non-hydrogen) atoms. The molecule has 2 N–H and O–H groups in total. The summed E-state index contributed by atoms with van der Waals surface area (Å²) in [7, 11) is 0. The molecule has 0 spiro atoms. The third-order valence-electron chi connectivity index (χ3n) is 6.48. The molecule has 4 rings (SSSR count). The van der Waals surface area contributed by atoms with Gasteiger partial charge in [-0.3, -0.25) is 4.79 Å². The van der Waals surface area contributed by atoms with Gasteiger partial charge in [-0.25, -0.2) is 0 Å². The zero-order valence-electron chi connectivity index (χ0n) is 19.3. The number of ether oxygens (including phenoxy) is 1. The van der Waals surface area contributed by atoms with Gasteiger partial charge in [0.1, 0.15) is 11.6 Å². The van der Waals surface area contributed by atoms with E-state index in [1.165, 1.54) is 30.2 Å². The molecule has 6 nitrogen and oxygen atoms in total. The number of carbonyl (C=O) groups is 1. The van der Waals surface area contributed by atoms with E-state index in [2.05, 4.69) is 46.7 Å². The van der Waals surface area contributed by atoms with Gasteiger partial charge in [0.25, 0.3) is 5.91 Å². The Morgan fingerprint density at radius 3 is 2.67 bits per heavy atom. The molecule has 1 atom stereocenters. The first-order valence-electron chi connectivity index (χ1n) is 11.9. The smallest absolute Gasteiger partial charge is 0.263 e. The Labute approximate surface area is 196 Å². The maximum atomic E-state index is 12.9. The number of hydrogen-bond donors (Lipinski definition) is 2. The fraction of sp³-hybridized carbons (Fsp3) is 0.407. The van der Waals surface area contributed by atoms with Gasteiger partial charge in [0.15, 0.2) is 0 Å². The van der Waals surface area contributed by atoms with E-state index in [-0.39, 0.29) is 17.5 Å². The molecule has 6 heteroatoms. The molecule has 1 aliphatic heterocycles. The lowest BCUT2D eigenvalue weighted by atomic mass is 9.88. The highest BCUT2D eigenvalue weighted by atomic mass is 16.5. The molecule has 1 heterocycles. The number of amides is 1. The van der Waals surface area contributed by atoms with E-state index in [0.29, 0.717) is 13.2 Å². The summed E-state index contributed by atoms with van der Waals surface area (Å²) in [4.78, 5) is 15.2. The second-order valence-corrected chi connectivity index (χ2v) is 8.60. The van der Waals surface area contributed by atoms with Crippen LogP contribution in [0.3, 0.4) is 0 Å². The number of hydrogen-bond acceptors (Lipinski definition) is 5. The Kier molecular flexibility index (Phi) is 7.64. The van der Waals surface area contributed by atoms with Gasteiger partial charge in [0.05, 0.1) is 30.6 Å². The number of morpholine rings is 1. The van der Waals surface area contributed by atoms with Crippen LogP contribution in [0.1, 0.15) is 48.9 Å². The first kappa shape index (κ1) is 22.9. The molecule has 0 saturated carbocycles. The Bertz CT molecular complexity index is 1050. The van der Waals surface area contributed by atoms with Crippen LogP contribution in [-0.4, -0.2) is 32.2 Å². The monoisotopic (exact) mass is 444 g/mol. The largest absolute Gasteiger partial charge is 0.378 e. The van der Waals surface area contributed by atoms with Gasteiger partial charge in [0, 0.05) is 19.3 Å². The average Bonchev–Trinajstić information content (AvgIpc) is 2.88. The molecule has 0 radical (unpaired) electrons. The molecule has 1 amide bonds. The van der Waals surface area contributed by atoms with E-state index in [1.54, 1.807) is 0 Å². The number of para-hydroxylation sites is 2. The Hall–Kier alpha value is -3.30. The summed E-state index contributed by atoms with van der Waals surface area (Å²) < 4.78 is 5.45. The third kappa shape index (κ3) is 5.55. The quantitative estimate of drug-likeness (QED) is 0.486. The Morgan fingerprint density at radius 1 is 1.15 bits per heavy atom. The van der Waals surface area contributed by atoms with E-state index >= 15 is 0 Å². The second kappa shape index (κ2) is 11.0. The van der Waals surface area contributed by atoms with Crippen molar-refractivity contribution in [2.75, 3.05) is 36.5 Å². The fourth-order valence-electron chi connectivity index (χ4n) is 4.60. The maximum Gasteiger partial charge on any atom is 0.263 e. The van der Waals surface area contributed by atoms with Crippen molar-refractivity contribution in [2.24, 2.45) is 0 Å². The van der Waals surface area contributed by atoms with E-state index in [0.717, 1.165) is 49.3 Å². The first-order chi connectivity index (χ1) is 16.2. The van der Waals surface area contributed by atoms with Crippen LogP contribution in [0.2, 0.25) is 0 Å². The van der Waals surface area contributed by atoms with Crippen LogP contribution in [0.15, 0.2) is 54.2 Å². The highest BCUT2D eigenvalue weighted by Crippen LogP contribution is 2.28. The Morgan fingerprint density at radius 2 is 1.91 bits per heavy atom. The summed E-state index contributed by atoms with van der Waals surface area (Å²) in [6, 6.07) is 16.4. The summed E-state index contributed by atoms with van der Waals surface area (Å²) in [6.45, 7) is 5.06. The molecular weight excluding hydrogens is 412 g/mol. The third-order valence-corrected chi connectivity index (χ3v) is 6.48. The van der Waals surface area contributed by atoms with Gasteiger partial charge in [-0.1, -0.05) is 37.3 Å². The normalized spacial score (nSPS) is 17.0. The highest BCUT2D eigenvalue weighted by Gasteiger charge is 2.19. The Balaban J connectivity index is 1.46. The van der Waals surface area contributed by atoms with Crippen molar-refractivity contribution in [3.05, 3.63) is 70.9 Å². The van der Waals surface area contributed by atoms with Crippen LogP contribution >= 0.6 is 0 Å². The molecule has 1 unspecified atom stereocenters. The van der Waals surface area contributed by atoms with Crippen molar-refractivity contribution >= 4 is 17.3 Å². The van der Waals surface area contributed by atoms with E-state index in [1.807, 2.05) is 24.3 Å². The minimum absolute atomic E-state index is 0.0585. The number of anilines is 2. The van der Waals surface area contributed by atoms with Crippen molar-refractivity contribution in [3.8, 4) is 6.07 Å². The maximum absolute atomic E-state index is 12.9. The summed E-state index contributed by atoms with van der Waals surface area (Å²) >= 11 is 0. The van der Waals surface area contributed by atoms with Gasteiger partial charge in [-0.2, -0.15) is 5.26 Å². The molecule has 0 bridgehead atoms. The van der Waals surface area contributed by atoms with E-state index in [4.69, 9.17) is 4.74 Å². The number of carbonyl (C=O) groups excluding carboxylic acids is 1. The number of rotatable bonds is 7. The van der Waals surface area contributed by atoms with Gasteiger partial charge < -0.3 is 20.3 Å². The van der Waals surface area contributed by atoms with Crippen LogP contribution < -0.4 is 15.5 Å². The van der Waals surface area contributed by atoms with Crippen LogP contribution in [0, 0.1) is 11.3 Å². The molecule has 1 saturated heterocycles. The lowest BCUT2D eigenvalue weighted by molar-refractivity contribution is -0.117. The molecule has 0 aromatic heterocycles. The zero-order valence-corrected chi connectivity index (χ0v) is 19.3. The van der Waals surface area contributed by atoms with E-state index < -0.39 is 0 Å². The van der Waals surface area contributed by atoms with Gasteiger partial charge in [-0.15, -0.1) is 0 Å². The number of nitrogens with zero attached hydrogens (tertiary/aromatic N) is 2. The molecule has 1 fully saturated rings. The van der Waals surface area contributed by atoms with Crippen molar-refractivity contribution < 1.29 is 9.53 Å². The van der Waals surface area contributed by atoms with Crippen LogP contribution in [0.25, 0.3) is 0 Å². The zero-order chi connectivity index (χ0) is 23.0. The summed E-state index contributed by atoms with van der Waals surface area (Å²) in [6.07, 6.45) is 6.97. The first-order valence-corrected chi connectivity index (χ1v) is 11.9. The predicted molar refractivity (Wildman–Crippen MR) is 131 cm³/mol. The fourth-order valence-corrected chi connectivity index (χ4v) is 4.60. The minimum atomic E-state index is -0.363. The standard InChI is InChI=1S/C27H32N4O2/c1-2-24(22-12-11-20-7-3-4-8-21(20)17-22)30-27(32)23(18-28)19-29-25-9-5-6-10-26(25)31-13-15-33-16-14-31/h5-6,9-12,17,19,24,29H,2-4,7-8,13-16H2,1H3,(H,30,32)/b23-19-. The molecule has 2 aromatic rings. The average molecular weight is 445 g/mol. The van der Waals surface area contributed by atoms with Crippen molar-refractivity contribution in [1.82, 2.24) is 5.32 Å². The van der Waals surface area contributed by atoms with Gasteiger partial charge in [0.2, 0.25) is 0 Å². The number of nitriles is 1. The topological polar surface area (TPSA) is 77.4 Å². The number of fused-ring (bicyclic) bond motifs is 1. The molecule has 172 valence electrons. The molecule has 1 aliphatic carbocycles. The number of aryl methyl sites for hydroxylation is 2. The van der Waals surface area contributed by atoms with Crippen molar-refractivity contribution in [1.29, 1.82) is 5.26 Å². The van der Waals surface area contributed by atoms with Crippen LogP contribution in [0.4, 0.5) is 11.4 Å². The number of nitrogens with one attached hydrogen (secondary N) is 2. The van der Waals surface area contributed by atoms with Crippen molar-refractivity contribution in [3.63, 3.8) is 0 Å². The summed E-state index contributed by atoms with van der Waals surface area (Å²) in [5, 5.41) is 15.9. The van der Waals surface area contributed by atoms with E-state index in [9.17, 15) is 10.1 Å². The lowest BCUT2D eigenvalue weighted by Crippen LogP contribution is -2.36. The molecule has 2 aromatic carbocycles. The summed E-state index contributed by atoms with van der Waals surface area (Å²) in [5.74, 6) is -0.363. The predicted octanol–water partition coefficient (Wildman–Crippen LogP) is 4.49. The van der Waals surface area contributed by atoms with Crippen molar-refractivity contribution in [2.45, 2.75) is 45.1 Å². The number of benzene rings is 2. The molecule has 2 aliphatic rings. The molecular formula is C27H32N4O2. The second-order valence-electron chi connectivity index (χ2n) is 8.60. The van der Waals surface area contributed by atoms with Gasteiger partial charge in [-0.05, 0) is 60.9 Å². The van der Waals surface area contributed by atoms with Crippen LogP contribution in [0.5, 0.6) is 0 Å².